The van der Waals surface area contributed by atoms with E-state index < -0.39 is 0 Å². The van der Waals surface area contributed by atoms with Crippen LogP contribution in [-0.2, 0) is 11.3 Å². The van der Waals surface area contributed by atoms with Gasteiger partial charge in [-0.25, -0.2) is 4.39 Å². The summed E-state index contributed by atoms with van der Waals surface area (Å²) in [7, 11) is 0. The van der Waals surface area contributed by atoms with Crippen LogP contribution in [0.5, 0.6) is 0 Å². The maximum Gasteiger partial charge on any atom is 0.316 e. The minimum atomic E-state index is -0.359. The van der Waals surface area contributed by atoms with Gasteiger partial charge in [-0.05, 0) is 62.2 Å². The van der Waals surface area contributed by atoms with Gasteiger partial charge in [-0.15, -0.1) is 0 Å². The fraction of sp³-hybridized carbons (Fsp3) is 0.423. The number of amides is 1. The highest BCUT2D eigenvalue weighted by Crippen LogP contribution is 2.23. The van der Waals surface area contributed by atoms with E-state index in [2.05, 4.69) is 25.3 Å². The summed E-state index contributed by atoms with van der Waals surface area (Å²) >= 11 is 0. The number of likely N-dealkylation sites (tertiary alicyclic amines) is 1. The van der Waals surface area contributed by atoms with Gasteiger partial charge in [0.15, 0.2) is 0 Å². The summed E-state index contributed by atoms with van der Waals surface area (Å²) in [6, 6.07) is 14.8. The molecule has 0 radical (unpaired) electrons. The molecule has 2 aromatic carbocycles. The van der Waals surface area contributed by atoms with Crippen molar-refractivity contribution in [1.82, 2.24) is 20.4 Å². The second kappa shape index (κ2) is 11.0. The molecule has 0 spiro atoms. The Kier molecular flexibility index (Phi) is 7.34. The fourth-order valence-electron chi connectivity index (χ4n) is 4.60. The molecular weight excluding hydrogens is 449 g/mol. The number of benzene rings is 2. The lowest BCUT2D eigenvalue weighted by Crippen LogP contribution is -2.38. The Labute approximate surface area is 204 Å². The number of nitrogens with zero attached hydrogens (tertiary/aromatic N) is 4. The number of anilines is 1. The van der Waals surface area contributed by atoms with Crippen molar-refractivity contribution >= 4 is 11.6 Å². The van der Waals surface area contributed by atoms with Gasteiger partial charge in [-0.3, -0.25) is 9.69 Å². The van der Waals surface area contributed by atoms with E-state index in [0.29, 0.717) is 24.8 Å². The Morgan fingerprint density at radius 2 is 1.77 bits per heavy atom. The van der Waals surface area contributed by atoms with Crippen molar-refractivity contribution in [2.24, 2.45) is 5.92 Å². The third-order valence-electron chi connectivity index (χ3n) is 6.73. The molecule has 0 saturated carbocycles. The number of ether oxygens (including phenoxy) is 1. The number of hydrogen-bond acceptors (Lipinski definition) is 7. The van der Waals surface area contributed by atoms with E-state index in [4.69, 9.17) is 9.26 Å². The molecule has 2 fully saturated rings. The van der Waals surface area contributed by atoms with Crippen molar-refractivity contribution in [2.75, 3.05) is 50.8 Å². The summed E-state index contributed by atoms with van der Waals surface area (Å²) in [5.74, 6) is 0.210. The monoisotopic (exact) mass is 479 g/mol. The number of hydrogen-bond donors (Lipinski definition) is 1. The van der Waals surface area contributed by atoms with E-state index in [-0.39, 0.29) is 17.6 Å². The number of halogens is 1. The number of carbonyl (C=O) groups is 1. The maximum absolute atomic E-state index is 13.9. The molecule has 3 aromatic rings. The third-order valence-corrected chi connectivity index (χ3v) is 6.73. The Morgan fingerprint density at radius 1 is 1.03 bits per heavy atom. The summed E-state index contributed by atoms with van der Waals surface area (Å²) in [6.45, 7) is 6.13. The second-order valence-corrected chi connectivity index (χ2v) is 9.09. The molecule has 0 aliphatic carbocycles. The van der Waals surface area contributed by atoms with Gasteiger partial charge in [0.1, 0.15) is 5.82 Å². The zero-order chi connectivity index (χ0) is 24.0. The molecule has 0 atom stereocenters. The van der Waals surface area contributed by atoms with E-state index in [1.54, 1.807) is 6.07 Å². The van der Waals surface area contributed by atoms with E-state index in [1.807, 2.05) is 36.4 Å². The Hall–Kier alpha value is -3.30. The topological polar surface area (TPSA) is 83.7 Å². The second-order valence-electron chi connectivity index (χ2n) is 9.09. The largest absolute Gasteiger partial charge is 0.378 e. The Bertz CT molecular complexity index is 1120. The Balaban J connectivity index is 1.09. The van der Waals surface area contributed by atoms with E-state index >= 15 is 0 Å². The Morgan fingerprint density at radius 3 is 2.51 bits per heavy atom. The highest BCUT2D eigenvalue weighted by Gasteiger charge is 2.22. The van der Waals surface area contributed by atoms with E-state index in [1.165, 1.54) is 6.07 Å². The highest BCUT2D eigenvalue weighted by molar-refractivity contribution is 5.89. The number of carbonyl (C=O) groups excluding carboxylic acids is 1. The minimum absolute atomic E-state index is 0.0331. The molecule has 2 aliphatic heterocycles. The molecule has 8 nitrogen and oxygen atoms in total. The van der Waals surface area contributed by atoms with Gasteiger partial charge in [0.25, 0.3) is 0 Å². The summed E-state index contributed by atoms with van der Waals surface area (Å²) in [6.07, 6.45) is 1.89. The van der Waals surface area contributed by atoms with Crippen LogP contribution >= 0.6 is 0 Å². The molecule has 1 aromatic heterocycles. The molecule has 2 saturated heterocycles. The first kappa shape index (κ1) is 23.4. The van der Waals surface area contributed by atoms with Crippen LogP contribution in [0.2, 0.25) is 0 Å². The van der Waals surface area contributed by atoms with Gasteiger partial charge < -0.3 is 19.5 Å². The lowest BCUT2D eigenvalue weighted by atomic mass is 9.96. The smallest absolute Gasteiger partial charge is 0.316 e. The summed E-state index contributed by atoms with van der Waals surface area (Å²) in [5, 5.41) is 6.91. The van der Waals surface area contributed by atoms with Crippen LogP contribution in [-0.4, -0.2) is 66.9 Å². The SMILES string of the molecule is O=C(NCC1CCN(Cc2ccccc2F)CC1)c1nc(-c2ccc(N3CCOCC3)cc2)no1. The van der Waals surface area contributed by atoms with Gasteiger partial charge in [0.05, 0.1) is 13.2 Å². The van der Waals surface area contributed by atoms with Crippen LogP contribution in [0.25, 0.3) is 11.4 Å². The van der Waals surface area contributed by atoms with Crippen LogP contribution in [0.4, 0.5) is 10.1 Å². The van der Waals surface area contributed by atoms with Crippen molar-refractivity contribution in [2.45, 2.75) is 19.4 Å². The quantitative estimate of drug-likeness (QED) is 0.556. The standard InChI is InChI=1S/C26H30FN5O3/c27-23-4-2-1-3-21(23)18-31-11-9-19(10-12-31)17-28-25(33)26-29-24(30-35-26)20-5-7-22(8-6-20)32-13-15-34-16-14-32/h1-8,19H,9-18H2,(H,28,33). The van der Waals surface area contributed by atoms with Gasteiger partial charge in [0.2, 0.25) is 5.82 Å². The molecular formula is C26H30FN5O3. The van der Waals surface area contributed by atoms with Crippen molar-refractivity contribution in [1.29, 1.82) is 0 Å². The van der Waals surface area contributed by atoms with E-state index in [9.17, 15) is 9.18 Å². The van der Waals surface area contributed by atoms with E-state index in [0.717, 1.165) is 69.0 Å². The molecule has 9 heteroatoms. The predicted octanol–water partition coefficient (Wildman–Crippen LogP) is 3.35. The van der Waals surface area contributed by atoms with Crippen molar-refractivity contribution < 1.29 is 18.4 Å². The fourth-order valence-corrected chi connectivity index (χ4v) is 4.60. The average molecular weight is 480 g/mol. The molecule has 1 amide bonds. The van der Waals surface area contributed by atoms with Crippen LogP contribution in [0.3, 0.4) is 0 Å². The molecule has 0 bridgehead atoms. The number of rotatable bonds is 7. The normalized spacial score (nSPS) is 17.5. The molecule has 1 N–H and O–H groups in total. The van der Waals surface area contributed by atoms with Crippen LogP contribution in [0, 0.1) is 11.7 Å². The van der Waals surface area contributed by atoms with Crippen LogP contribution < -0.4 is 10.2 Å². The molecule has 184 valence electrons. The molecule has 2 aliphatic rings. The number of piperidine rings is 1. The minimum Gasteiger partial charge on any atom is -0.378 e. The van der Waals surface area contributed by atoms with Gasteiger partial charge in [-0.1, -0.05) is 23.4 Å². The first-order valence-electron chi connectivity index (χ1n) is 12.2. The zero-order valence-corrected chi connectivity index (χ0v) is 19.7. The molecule has 0 unspecified atom stereocenters. The van der Waals surface area contributed by atoms with Gasteiger partial charge in [0, 0.05) is 43.0 Å². The highest BCUT2D eigenvalue weighted by atomic mass is 19.1. The van der Waals surface area contributed by atoms with Crippen molar-refractivity contribution in [3.8, 4) is 11.4 Å². The van der Waals surface area contributed by atoms with Crippen LogP contribution in [0.1, 0.15) is 29.1 Å². The average Bonchev–Trinajstić information content (AvgIpc) is 3.41. The summed E-state index contributed by atoms with van der Waals surface area (Å²) < 4.78 is 24.5. The van der Waals surface area contributed by atoms with Crippen molar-refractivity contribution in [3.63, 3.8) is 0 Å². The van der Waals surface area contributed by atoms with Gasteiger partial charge in [-0.2, -0.15) is 4.98 Å². The zero-order valence-electron chi connectivity index (χ0n) is 19.7. The number of aromatic nitrogens is 2. The summed E-state index contributed by atoms with van der Waals surface area (Å²) in [5.41, 5.74) is 2.65. The molecule has 3 heterocycles. The van der Waals surface area contributed by atoms with Crippen molar-refractivity contribution in [3.05, 3.63) is 65.8 Å². The third kappa shape index (κ3) is 5.86. The lowest BCUT2D eigenvalue weighted by Gasteiger charge is -2.32. The van der Waals surface area contributed by atoms with Gasteiger partial charge >= 0.3 is 11.8 Å². The maximum atomic E-state index is 13.9. The first-order chi connectivity index (χ1) is 17.2. The predicted molar refractivity (Wildman–Crippen MR) is 130 cm³/mol. The molecule has 5 rings (SSSR count). The first-order valence-corrected chi connectivity index (χ1v) is 12.2. The molecule has 35 heavy (non-hydrogen) atoms. The summed E-state index contributed by atoms with van der Waals surface area (Å²) in [4.78, 5) is 21.4. The lowest BCUT2D eigenvalue weighted by molar-refractivity contribution is 0.0891. The van der Waals surface area contributed by atoms with Crippen LogP contribution in [0.15, 0.2) is 53.1 Å². The number of morpholine rings is 1. The number of nitrogens with one attached hydrogen (secondary N) is 1.